The van der Waals surface area contributed by atoms with Crippen LogP contribution in [-0.2, 0) is 9.59 Å². The van der Waals surface area contributed by atoms with Crippen LogP contribution in [0.4, 0.5) is 10.5 Å². The van der Waals surface area contributed by atoms with Crippen LogP contribution in [0, 0.1) is 6.92 Å². The Bertz CT molecular complexity index is 843. The van der Waals surface area contributed by atoms with E-state index >= 15 is 0 Å². The maximum absolute atomic E-state index is 12.6. The largest absolute Gasteiger partial charge is 0.335 e. The predicted octanol–water partition coefficient (Wildman–Crippen LogP) is 3.49. The van der Waals surface area contributed by atoms with Crippen LogP contribution in [0.5, 0.6) is 0 Å². The molecule has 1 saturated heterocycles. The number of nitrogens with one attached hydrogen (secondary N) is 1. The molecule has 2 aromatic rings. The zero-order chi connectivity index (χ0) is 16.6. The quantitative estimate of drug-likeness (QED) is 0.630. The number of anilines is 1. The normalized spacial score (nSPS) is 16.9. The molecule has 3 rings (SSSR count). The zero-order valence-corrected chi connectivity index (χ0v) is 14.4. The predicted molar refractivity (Wildman–Crippen MR) is 92.2 cm³/mol. The van der Waals surface area contributed by atoms with Crippen molar-refractivity contribution in [1.29, 1.82) is 0 Å². The molecule has 1 aromatic carbocycles. The fourth-order valence-corrected chi connectivity index (χ4v) is 3.08. The Morgan fingerprint density at radius 1 is 1.22 bits per heavy atom. The van der Waals surface area contributed by atoms with E-state index in [4.69, 9.17) is 0 Å². The minimum Gasteiger partial charge on any atom is -0.273 e. The number of imide groups is 2. The first-order chi connectivity index (χ1) is 11.0. The van der Waals surface area contributed by atoms with Gasteiger partial charge in [-0.1, -0.05) is 22.0 Å². The lowest BCUT2D eigenvalue weighted by Gasteiger charge is -2.26. The Labute approximate surface area is 144 Å². The Morgan fingerprint density at radius 2 is 2.00 bits per heavy atom. The summed E-state index contributed by atoms with van der Waals surface area (Å²) >= 11 is 4.78. The molecule has 1 N–H and O–H groups in total. The van der Waals surface area contributed by atoms with Gasteiger partial charge in [-0.3, -0.25) is 14.9 Å². The van der Waals surface area contributed by atoms with E-state index in [9.17, 15) is 14.4 Å². The van der Waals surface area contributed by atoms with Gasteiger partial charge in [0.05, 0.1) is 5.69 Å². The lowest BCUT2D eigenvalue weighted by Crippen LogP contribution is -2.54. The highest BCUT2D eigenvalue weighted by Crippen LogP contribution is 2.26. The summed E-state index contributed by atoms with van der Waals surface area (Å²) in [6, 6.07) is 7.98. The van der Waals surface area contributed by atoms with E-state index in [1.54, 1.807) is 24.3 Å². The number of barbiturate groups is 1. The number of benzene rings is 1. The Kier molecular flexibility index (Phi) is 4.14. The molecule has 0 saturated carbocycles. The molecule has 0 spiro atoms. The summed E-state index contributed by atoms with van der Waals surface area (Å²) in [5, 5.41) is 4.05. The standard InChI is InChI=1S/C16H11BrN2O3S/c1-9-7-10(4-5-13(9)17)19-15(21)12(14(20)18-16(19)22)8-11-3-2-6-23-11/h2-8H,1H3,(H,18,20,22)/b12-8+. The van der Waals surface area contributed by atoms with Crippen molar-refractivity contribution in [3.05, 3.63) is 56.2 Å². The fourth-order valence-electron chi connectivity index (χ4n) is 2.18. The van der Waals surface area contributed by atoms with Crippen LogP contribution in [0.2, 0.25) is 0 Å². The number of thiophene rings is 1. The molecule has 0 radical (unpaired) electrons. The number of aryl methyl sites for hydroxylation is 1. The second-order valence-corrected chi connectivity index (χ2v) is 6.74. The van der Waals surface area contributed by atoms with Crippen molar-refractivity contribution in [3.63, 3.8) is 0 Å². The van der Waals surface area contributed by atoms with Gasteiger partial charge in [0, 0.05) is 9.35 Å². The van der Waals surface area contributed by atoms with Gasteiger partial charge < -0.3 is 0 Å². The van der Waals surface area contributed by atoms with Crippen molar-refractivity contribution in [2.24, 2.45) is 0 Å². The Morgan fingerprint density at radius 3 is 2.65 bits per heavy atom. The van der Waals surface area contributed by atoms with Crippen LogP contribution in [0.3, 0.4) is 0 Å². The van der Waals surface area contributed by atoms with E-state index < -0.39 is 17.8 Å². The number of urea groups is 1. The minimum atomic E-state index is -0.745. The summed E-state index contributed by atoms with van der Waals surface area (Å²) in [7, 11) is 0. The molecule has 4 amide bonds. The summed E-state index contributed by atoms with van der Waals surface area (Å²) in [6.07, 6.45) is 1.49. The van der Waals surface area contributed by atoms with Crippen molar-refractivity contribution >= 4 is 56.9 Å². The lowest BCUT2D eigenvalue weighted by molar-refractivity contribution is -0.122. The summed E-state index contributed by atoms with van der Waals surface area (Å²) in [5.74, 6) is -1.31. The molecule has 23 heavy (non-hydrogen) atoms. The first kappa shape index (κ1) is 15.6. The van der Waals surface area contributed by atoms with Crippen molar-refractivity contribution in [2.75, 3.05) is 4.90 Å². The number of rotatable bonds is 2. The molecule has 1 aromatic heterocycles. The number of nitrogens with zero attached hydrogens (tertiary/aromatic N) is 1. The maximum atomic E-state index is 12.6. The minimum absolute atomic E-state index is 0.0624. The third kappa shape index (κ3) is 2.97. The van der Waals surface area contributed by atoms with Gasteiger partial charge in [-0.15, -0.1) is 11.3 Å². The lowest BCUT2D eigenvalue weighted by atomic mass is 10.1. The average molecular weight is 391 g/mol. The van der Waals surface area contributed by atoms with Gasteiger partial charge in [-0.25, -0.2) is 9.69 Å². The first-order valence-electron chi connectivity index (χ1n) is 6.68. The molecule has 0 bridgehead atoms. The van der Waals surface area contributed by atoms with E-state index in [0.717, 1.165) is 19.8 Å². The van der Waals surface area contributed by atoms with Gasteiger partial charge in [0.15, 0.2) is 0 Å². The van der Waals surface area contributed by atoms with Crippen molar-refractivity contribution < 1.29 is 14.4 Å². The van der Waals surface area contributed by atoms with Crippen molar-refractivity contribution in [1.82, 2.24) is 5.32 Å². The fraction of sp³-hybridized carbons (Fsp3) is 0.0625. The SMILES string of the molecule is Cc1cc(N2C(=O)NC(=O)/C(=C\c3cccs3)C2=O)ccc1Br. The van der Waals surface area contributed by atoms with Gasteiger partial charge in [0.25, 0.3) is 11.8 Å². The molecule has 116 valence electrons. The number of hydrogen-bond acceptors (Lipinski definition) is 4. The molecule has 1 aliphatic rings. The molecule has 0 unspecified atom stereocenters. The third-order valence-corrected chi connectivity index (χ3v) is 5.04. The highest BCUT2D eigenvalue weighted by molar-refractivity contribution is 9.10. The van der Waals surface area contributed by atoms with Crippen LogP contribution < -0.4 is 10.2 Å². The average Bonchev–Trinajstić information content (AvgIpc) is 3.00. The van der Waals surface area contributed by atoms with Crippen LogP contribution in [-0.4, -0.2) is 17.8 Å². The van der Waals surface area contributed by atoms with Gasteiger partial charge in [-0.2, -0.15) is 0 Å². The maximum Gasteiger partial charge on any atom is 0.335 e. The molecule has 1 fully saturated rings. The Balaban J connectivity index is 2.03. The number of hydrogen-bond donors (Lipinski definition) is 1. The molecular weight excluding hydrogens is 380 g/mol. The third-order valence-electron chi connectivity index (χ3n) is 3.33. The van der Waals surface area contributed by atoms with Crippen molar-refractivity contribution in [3.8, 4) is 0 Å². The van der Waals surface area contributed by atoms with E-state index in [2.05, 4.69) is 21.2 Å². The van der Waals surface area contributed by atoms with Crippen molar-refractivity contribution in [2.45, 2.75) is 6.92 Å². The number of amides is 4. The molecule has 0 atom stereocenters. The Hall–Kier alpha value is -2.25. The second-order valence-electron chi connectivity index (χ2n) is 4.91. The monoisotopic (exact) mass is 390 g/mol. The second kappa shape index (κ2) is 6.10. The molecule has 1 aliphatic heterocycles. The van der Waals surface area contributed by atoms with Gasteiger partial charge in [-0.05, 0) is 48.2 Å². The van der Waals surface area contributed by atoms with Crippen LogP contribution in [0.1, 0.15) is 10.4 Å². The summed E-state index contributed by atoms with van der Waals surface area (Å²) in [4.78, 5) is 38.5. The van der Waals surface area contributed by atoms with E-state index in [-0.39, 0.29) is 5.57 Å². The smallest absolute Gasteiger partial charge is 0.273 e. The molecule has 0 aliphatic carbocycles. The number of halogens is 1. The molecule has 2 heterocycles. The van der Waals surface area contributed by atoms with Gasteiger partial charge in [0.2, 0.25) is 0 Å². The van der Waals surface area contributed by atoms with E-state index in [0.29, 0.717) is 5.69 Å². The van der Waals surface area contributed by atoms with Gasteiger partial charge in [0.1, 0.15) is 5.57 Å². The van der Waals surface area contributed by atoms with Crippen LogP contribution in [0.25, 0.3) is 6.08 Å². The van der Waals surface area contributed by atoms with Crippen LogP contribution in [0.15, 0.2) is 45.8 Å². The molecular formula is C16H11BrN2O3S. The number of carbonyl (C=O) groups excluding carboxylic acids is 3. The van der Waals surface area contributed by atoms with E-state index in [1.165, 1.54) is 17.4 Å². The highest BCUT2D eigenvalue weighted by atomic mass is 79.9. The molecule has 7 heteroatoms. The topological polar surface area (TPSA) is 66.5 Å². The van der Waals surface area contributed by atoms with E-state index in [1.807, 2.05) is 18.4 Å². The highest BCUT2D eigenvalue weighted by Gasteiger charge is 2.36. The summed E-state index contributed by atoms with van der Waals surface area (Å²) in [5.41, 5.74) is 1.23. The first-order valence-corrected chi connectivity index (χ1v) is 8.36. The zero-order valence-electron chi connectivity index (χ0n) is 12.0. The summed E-state index contributed by atoms with van der Waals surface area (Å²) < 4.78 is 0.872. The molecule has 5 nitrogen and oxygen atoms in total. The summed E-state index contributed by atoms with van der Waals surface area (Å²) in [6.45, 7) is 1.85. The number of carbonyl (C=O) groups is 3. The van der Waals surface area contributed by atoms with Gasteiger partial charge >= 0.3 is 6.03 Å². The van der Waals surface area contributed by atoms with Crippen LogP contribution >= 0.6 is 27.3 Å².